The number of carbonyl (C=O) groups is 1. The van der Waals surface area contributed by atoms with Gasteiger partial charge in [-0.15, -0.1) is 0 Å². The molecule has 13 heavy (non-hydrogen) atoms. The average molecular weight is 205 g/mol. The SMILES string of the molecule is CC(C)(C)OC(=O)NC(Cl)CC#N. The Kier molecular flexibility index (Phi) is 4.57. The molecule has 0 aliphatic rings. The van der Waals surface area contributed by atoms with E-state index in [0.29, 0.717) is 0 Å². The lowest BCUT2D eigenvalue weighted by Crippen LogP contribution is -2.36. The first-order chi connectivity index (χ1) is 5.85. The molecule has 1 unspecified atom stereocenters. The van der Waals surface area contributed by atoms with Crippen molar-refractivity contribution in [3.8, 4) is 6.07 Å². The minimum Gasteiger partial charge on any atom is -0.444 e. The Morgan fingerprint density at radius 2 is 2.23 bits per heavy atom. The third-order valence-electron chi connectivity index (χ3n) is 0.944. The quantitative estimate of drug-likeness (QED) is 0.553. The first-order valence-corrected chi connectivity index (χ1v) is 4.29. The molecule has 0 aromatic carbocycles. The van der Waals surface area contributed by atoms with Crippen molar-refractivity contribution in [3.05, 3.63) is 0 Å². The molecular formula is C8H13ClN2O2. The van der Waals surface area contributed by atoms with Crippen molar-refractivity contribution in [1.82, 2.24) is 5.32 Å². The summed E-state index contributed by atoms with van der Waals surface area (Å²) < 4.78 is 4.91. The minimum atomic E-state index is -0.695. The van der Waals surface area contributed by atoms with Gasteiger partial charge in [0.15, 0.2) is 0 Å². The fourth-order valence-corrected chi connectivity index (χ4v) is 0.725. The van der Waals surface area contributed by atoms with E-state index in [1.165, 1.54) is 0 Å². The number of rotatable bonds is 2. The molecule has 0 aromatic rings. The zero-order valence-corrected chi connectivity index (χ0v) is 8.68. The summed E-state index contributed by atoms with van der Waals surface area (Å²) >= 11 is 5.57. The van der Waals surface area contributed by atoms with Gasteiger partial charge in [0, 0.05) is 0 Å². The number of amides is 1. The molecule has 0 aromatic heterocycles. The highest BCUT2D eigenvalue weighted by atomic mass is 35.5. The first kappa shape index (κ1) is 12.0. The van der Waals surface area contributed by atoms with Crippen LogP contribution in [0.3, 0.4) is 0 Å². The van der Waals surface area contributed by atoms with Crippen LogP contribution in [0.4, 0.5) is 4.79 Å². The van der Waals surface area contributed by atoms with Crippen LogP contribution in [0.1, 0.15) is 27.2 Å². The second-order valence-electron chi connectivity index (χ2n) is 3.48. The van der Waals surface area contributed by atoms with E-state index >= 15 is 0 Å². The molecule has 0 heterocycles. The van der Waals surface area contributed by atoms with E-state index in [4.69, 9.17) is 21.6 Å². The Morgan fingerprint density at radius 1 is 1.69 bits per heavy atom. The maximum atomic E-state index is 11.0. The van der Waals surface area contributed by atoms with Crippen molar-refractivity contribution < 1.29 is 9.53 Å². The van der Waals surface area contributed by atoms with Gasteiger partial charge in [0.1, 0.15) is 11.1 Å². The number of alkyl halides is 1. The number of nitrogens with zero attached hydrogens (tertiary/aromatic N) is 1. The van der Waals surface area contributed by atoms with E-state index in [-0.39, 0.29) is 6.42 Å². The molecule has 0 fully saturated rings. The van der Waals surface area contributed by atoms with Gasteiger partial charge >= 0.3 is 6.09 Å². The van der Waals surface area contributed by atoms with Crippen molar-refractivity contribution in [1.29, 1.82) is 5.26 Å². The third-order valence-corrected chi connectivity index (χ3v) is 1.21. The monoisotopic (exact) mass is 204 g/mol. The standard InChI is InChI=1S/C8H13ClN2O2/c1-8(2,3)13-7(12)11-6(9)4-5-10/h6H,4H2,1-3H3,(H,11,12). The largest absolute Gasteiger partial charge is 0.444 e. The number of ether oxygens (including phenoxy) is 1. The lowest BCUT2D eigenvalue weighted by atomic mass is 10.2. The van der Waals surface area contributed by atoms with Crippen molar-refractivity contribution >= 4 is 17.7 Å². The molecule has 0 bridgehead atoms. The summed E-state index contributed by atoms with van der Waals surface area (Å²) in [5.41, 5.74) is -1.24. The number of nitrogens with one attached hydrogen (secondary N) is 1. The molecule has 0 aliphatic heterocycles. The highest BCUT2D eigenvalue weighted by Crippen LogP contribution is 2.07. The van der Waals surface area contributed by atoms with Gasteiger partial charge in [0.25, 0.3) is 0 Å². The molecule has 5 heteroatoms. The molecule has 0 radical (unpaired) electrons. The number of hydrogen-bond donors (Lipinski definition) is 1. The van der Waals surface area contributed by atoms with Crippen molar-refractivity contribution in [2.75, 3.05) is 0 Å². The van der Waals surface area contributed by atoms with Crippen LogP contribution in [0.25, 0.3) is 0 Å². The molecule has 0 rings (SSSR count). The molecule has 0 spiro atoms. The second-order valence-corrected chi connectivity index (χ2v) is 4.00. The van der Waals surface area contributed by atoms with Crippen LogP contribution in [0.5, 0.6) is 0 Å². The predicted molar refractivity (Wildman–Crippen MR) is 49.2 cm³/mol. The van der Waals surface area contributed by atoms with Gasteiger partial charge in [-0.2, -0.15) is 5.26 Å². The van der Waals surface area contributed by atoms with Gasteiger partial charge in [0.2, 0.25) is 0 Å². The molecule has 0 saturated heterocycles. The van der Waals surface area contributed by atoms with E-state index in [1.54, 1.807) is 20.8 Å². The predicted octanol–water partition coefficient (Wildman–Crippen LogP) is 1.99. The molecule has 4 nitrogen and oxygen atoms in total. The Balaban J connectivity index is 3.83. The van der Waals surface area contributed by atoms with Crippen LogP contribution < -0.4 is 5.32 Å². The van der Waals surface area contributed by atoms with Crippen LogP contribution >= 0.6 is 11.6 Å². The average Bonchev–Trinajstić information content (AvgIpc) is 1.81. The van der Waals surface area contributed by atoms with Crippen molar-refractivity contribution in [2.24, 2.45) is 0 Å². The van der Waals surface area contributed by atoms with Crippen LogP contribution in [-0.4, -0.2) is 17.2 Å². The molecule has 0 aliphatic carbocycles. The highest BCUT2D eigenvalue weighted by Gasteiger charge is 2.17. The number of nitriles is 1. The summed E-state index contributed by atoms with van der Waals surface area (Å²) in [6, 6.07) is 1.83. The molecule has 0 saturated carbocycles. The van der Waals surface area contributed by atoms with E-state index in [1.807, 2.05) is 6.07 Å². The van der Waals surface area contributed by atoms with Gasteiger partial charge in [-0.05, 0) is 20.8 Å². The normalized spacial score (nSPS) is 12.8. The summed E-state index contributed by atoms with van der Waals surface area (Å²) in [6.45, 7) is 5.25. The molecule has 1 atom stereocenters. The topological polar surface area (TPSA) is 62.1 Å². The second kappa shape index (κ2) is 4.93. The Morgan fingerprint density at radius 3 is 2.62 bits per heavy atom. The number of alkyl carbamates (subject to hydrolysis) is 1. The maximum absolute atomic E-state index is 11.0. The van der Waals surface area contributed by atoms with E-state index in [9.17, 15) is 4.79 Å². The number of carbonyl (C=O) groups excluding carboxylic acids is 1. The fraction of sp³-hybridized carbons (Fsp3) is 0.750. The lowest BCUT2D eigenvalue weighted by Gasteiger charge is -2.20. The van der Waals surface area contributed by atoms with Crippen LogP contribution in [0, 0.1) is 11.3 Å². The Bertz CT molecular complexity index is 217. The van der Waals surface area contributed by atoms with Gasteiger partial charge in [0.05, 0.1) is 12.5 Å². The van der Waals surface area contributed by atoms with Crippen molar-refractivity contribution in [2.45, 2.75) is 38.3 Å². The molecule has 1 N–H and O–H groups in total. The first-order valence-electron chi connectivity index (χ1n) is 3.85. The molecule has 1 amide bonds. The summed E-state index contributed by atoms with van der Waals surface area (Å²) in [5.74, 6) is 0. The van der Waals surface area contributed by atoms with Crippen LogP contribution in [-0.2, 0) is 4.74 Å². The number of hydrogen-bond acceptors (Lipinski definition) is 3. The van der Waals surface area contributed by atoms with E-state index in [0.717, 1.165) is 0 Å². The van der Waals surface area contributed by atoms with Gasteiger partial charge in [-0.1, -0.05) is 11.6 Å². The smallest absolute Gasteiger partial charge is 0.408 e. The summed E-state index contributed by atoms with van der Waals surface area (Å²) in [5, 5.41) is 10.6. The van der Waals surface area contributed by atoms with Crippen LogP contribution in [0.15, 0.2) is 0 Å². The van der Waals surface area contributed by atoms with Gasteiger partial charge in [-0.25, -0.2) is 4.79 Å². The Labute approximate surface area is 82.8 Å². The van der Waals surface area contributed by atoms with Gasteiger partial charge in [-0.3, -0.25) is 0 Å². The van der Waals surface area contributed by atoms with E-state index < -0.39 is 17.2 Å². The minimum absolute atomic E-state index is 0.0563. The summed E-state index contributed by atoms with van der Waals surface area (Å²) in [7, 11) is 0. The summed E-state index contributed by atoms with van der Waals surface area (Å²) in [4.78, 5) is 11.0. The lowest BCUT2D eigenvalue weighted by molar-refractivity contribution is 0.0521. The molecule has 74 valence electrons. The van der Waals surface area contributed by atoms with Crippen molar-refractivity contribution in [3.63, 3.8) is 0 Å². The zero-order chi connectivity index (χ0) is 10.5. The van der Waals surface area contributed by atoms with Crippen LogP contribution in [0.2, 0.25) is 0 Å². The third kappa shape index (κ3) is 7.41. The molecular weight excluding hydrogens is 192 g/mol. The van der Waals surface area contributed by atoms with E-state index in [2.05, 4.69) is 5.32 Å². The van der Waals surface area contributed by atoms with Gasteiger partial charge < -0.3 is 10.1 Å². The number of halogens is 1. The zero-order valence-electron chi connectivity index (χ0n) is 7.93. The summed E-state index contributed by atoms with van der Waals surface area (Å²) in [6.07, 6.45) is -0.552. The maximum Gasteiger partial charge on any atom is 0.408 e. The fourth-order valence-electron chi connectivity index (χ4n) is 0.567. The Hall–Kier alpha value is -0.950. The highest BCUT2D eigenvalue weighted by molar-refractivity contribution is 6.21.